The first-order chi connectivity index (χ1) is 9.95. The lowest BCUT2D eigenvalue weighted by Crippen LogP contribution is -2.26. The number of ether oxygens (including phenoxy) is 1. The normalized spacial score (nSPS) is 11.9. The third-order valence-electron chi connectivity index (χ3n) is 2.97. The van der Waals surface area contributed by atoms with Crippen LogP contribution in [0.3, 0.4) is 0 Å². The summed E-state index contributed by atoms with van der Waals surface area (Å²) in [6.07, 6.45) is 0.962. The van der Waals surface area contributed by atoms with Crippen molar-refractivity contribution in [2.45, 2.75) is 26.8 Å². The van der Waals surface area contributed by atoms with Gasteiger partial charge < -0.3 is 15.8 Å². The molecule has 0 saturated heterocycles. The molecule has 116 valence electrons. The molecule has 21 heavy (non-hydrogen) atoms. The van der Waals surface area contributed by atoms with E-state index in [1.54, 1.807) is 13.0 Å². The number of carbonyl (C=O) groups is 1. The van der Waals surface area contributed by atoms with Crippen LogP contribution in [0.15, 0.2) is 18.2 Å². The van der Waals surface area contributed by atoms with Gasteiger partial charge in [-0.25, -0.2) is 0 Å². The lowest BCUT2D eigenvalue weighted by Gasteiger charge is -2.14. The predicted molar refractivity (Wildman–Crippen MR) is 78.9 cm³/mol. The van der Waals surface area contributed by atoms with E-state index in [4.69, 9.17) is 10.5 Å². The van der Waals surface area contributed by atoms with Gasteiger partial charge in [0.1, 0.15) is 5.75 Å². The van der Waals surface area contributed by atoms with Crippen LogP contribution in [0.1, 0.15) is 25.8 Å². The summed E-state index contributed by atoms with van der Waals surface area (Å²) < 4.78 is 5.56. The van der Waals surface area contributed by atoms with Gasteiger partial charge in [-0.2, -0.15) is 0 Å². The molecular weight excluding hydrogens is 274 g/mol. The Balaban J connectivity index is 2.84. The van der Waals surface area contributed by atoms with Crippen molar-refractivity contribution in [3.05, 3.63) is 33.9 Å². The monoisotopic (exact) mass is 295 g/mol. The minimum Gasteiger partial charge on any atom is -0.492 e. The summed E-state index contributed by atoms with van der Waals surface area (Å²) in [6, 6.07) is 4.41. The number of nitrogens with two attached hydrogens (primary N) is 1. The summed E-state index contributed by atoms with van der Waals surface area (Å²) in [5.74, 6) is -0.337. The standard InChI is InChI=1S/C14H21N3O4/c1-3-6-16-8-11-7-12(17(19)20)4-5-13(11)21-9-10(2)14(15)18/h4-5,7,10,16H,3,6,8-9H2,1-2H3,(H2,15,18). The van der Waals surface area contributed by atoms with E-state index < -0.39 is 16.7 Å². The van der Waals surface area contributed by atoms with Gasteiger partial charge in [-0.1, -0.05) is 13.8 Å². The lowest BCUT2D eigenvalue weighted by atomic mass is 10.1. The minimum atomic E-state index is -0.445. The van der Waals surface area contributed by atoms with Gasteiger partial charge in [-0.15, -0.1) is 0 Å². The van der Waals surface area contributed by atoms with Crippen LogP contribution in [0.5, 0.6) is 5.75 Å². The van der Waals surface area contributed by atoms with Gasteiger partial charge in [0, 0.05) is 24.2 Å². The van der Waals surface area contributed by atoms with Gasteiger partial charge in [0.2, 0.25) is 5.91 Å². The first-order valence-corrected chi connectivity index (χ1v) is 6.85. The maximum Gasteiger partial charge on any atom is 0.270 e. The number of non-ortho nitro benzene ring substituents is 1. The van der Waals surface area contributed by atoms with Gasteiger partial charge in [0.05, 0.1) is 17.4 Å². The molecule has 0 aliphatic rings. The SMILES string of the molecule is CCCNCc1cc([N+](=O)[O-])ccc1OCC(C)C(N)=O. The van der Waals surface area contributed by atoms with E-state index in [9.17, 15) is 14.9 Å². The van der Waals surface area contributed by atoms with Crippen molar-refractivity contribution in [1.29, 1.82) is 0 Å². The third kappa shape index (κ3) is 5.39. The molecule has 0 spiro atoms. The van der Waals surface area contributed by atoms with Crippen molar-refractivity contribution >= 4 is 11.6 Å². The van der Waals surface area contributed by atoms with E-state index in [1.165, 1.54) is 12.1 Å². The number of nitro benzene ring substituents is 1. The van der Waals surface area contributed by atoms with Crippen LogP contribution in [0.4, 0.5) is 5.69 Å². The molecule has 1 unspecified atom stereocenters. The summed E-state index contributed by atoms with van der Waals surface area (Å²) in [7, 11) is 0. The van der Waals surface area contributed by atoms with E-state index in [0.29, 0.717) is 17.9 Å². The Hall–Kier alpha value is -2.15. The Labute approximate surface area is 123 Å². The Morgan fingerprint density at radius 2 is 2.24 bits per heavy atom. The topological polar surface area (TPSA) is 107 Å². The average molecular weight is 295 g/mol. The average Bonchev–Trinajstić information content (AvgIpc) is 2.45. The third-order valence-corrected chi connectivity index (χ3v) is 2.97. The van der Waals surface area contributed by atoms with Gasteiger partial charge in [0.25, 0.3) is 5.69 Å². The fraction of sp³-hybridized carbons (Fsp3) is 0.500. The Morgan fingerprint density at radius 3 is 2.81 bits per heavy atom. The Kier molecular flexibility index (Phi) is 6.61. The zero-order valence-electron chi connectivity index (χ0n) is 12.3. The molecule has 7 heteroatoms. The molecule has 7 nitrogen and oxygen atoms in total. The van der Waals surface area contributed by atoms with Crippen LogP contribution in [-0.2, 0) is 11.3 Å². The number of benzene rings is 1. The highest BCUT2D eigenvalue weighted by Gasteiger charge is 2.14. The zero-order chi connectivity index (χ0) is 15.8. The number of nitro groups is 1. The smallest absolute Gasteiger partial charge is 0.270 e. The highest BCUT2D eigenvalue weighted by atomic mass is 16.6. The molecule has 0 aromatic heterocycles. The van der Waals surface area contributed by atoms with Crippen LogP contribution in [0, 0.1) is 16.0 Å². The van der Waals surface area contributed by atoms with Crippen molar-refractivity contribution in [1.82, 2.24) is 5.32 Å². The van der Waals surface area contributed by atoms with E-state index in [-0.39, 0.29) is 12.3 Å². The van der Waals surface area contributed by atoms with E-state index in [1.807, 2.05) is 6.92 Å². The first kappa shape index (κ1) is 16.9. The summed E-state index contributed by atoms with van der Waals surface area (Å²) in [5, 5.41) is 14.0. The maximum absolute atomic E-state index is 11.0. The maximum atomic E-state index is 11.0. The number of rotatable bonds is 9. The zero-order valence-corrected chi connectivity index (χ0v) is 12.3. The highest BCUT2D eigenvalue weighted by Crippen LogP contribution is 2.24. The van der Waals surface area contributed by atoms with Gasteiger partial charge in [-0.3, -0.25) is 14.9 Å². The molecule has 0 heterocycles. The second-order valence-electron chi connectivity index (χ2n) is 4.84. The molecule has 1 aromatic rings. The van der Waals surface area contributed by atoms with E-state index >= 15 is 0 Å². The fourth-order valence-corrected chi connectivity index (χ4v) is 1.66. The molecule has 3 N–H and O–H groups in total. The summed E-state index contributed by atoms with van der Waals surface area (Å²) >= 11 is 0. The predicted octanol–water partition coefficient (Wildman–Crippen LogP) is 1.59. The Bertz CT molecular complexity index is 505. The van der Waals surface area contributed by atoms with Crippen LogP contribution in [0.2, 0.25) is 0 Å². The molecular formula is C14H21N3O4. The number of amides is 1. The van der Waals surface area contributed by atoms with Crippen LogP contribution in [-0.4, -0.2) is 24.0 Å². The summed E-state index contributed by atoms with van der Waals surface area (Å²) in [4.78, 5) is 21.4. The molecule has 1 aromatic carbocycles. The minimum absolute atomic E-state index is 0.0126. The number of hydrogen-bond acceptors (Lipinski definition) is 5. The fourth-order valence-electron chi connectivity index (χ4n) is 1.66. The van der Waals surface area contributed by atoms with Gasteiger partial charge in [0.15, 0.2) is 0 Å². The van der Waals surface area contributed by atoms with Crippen molar-refractivity contribution in [2.75, 3.05) is 13.2 Å². The number of hydrogen-bond donors (Lipinski definition) is 2. The summed E-state index contributed by atoms with van der Waals surface area (Å²) in [5.41, 5.74) is 5.88. The molecule has 0 aliphatic heterocycles. The molecule has 1 atom stereocenters. The van der Waals surface area contributed by atoms with Crippen LogP contribution >= 0.6 is 0 Å². The van der Waals surface area contributed by atoms with E-state index in [2.05, 4.69) is 5.32 Å². The molecule has 0 radical (unpaired) electrons. The first-order valence-electron chi connectivity index (χ1n) is 6.85. The van der Waals surface area contributed by atoms with Crippen LogP contribution in [0.25, 0.3) is 0 Å². The molecule has 1 amide bonds. The molecule has 0 fully saturated rings. The number of nitrogens with one attached hydrogen (secondary N) is 1. The second kappa shape index (κ2) is 8.21. The summed E-state index contributed by atoms with van der Waals surface area (Å²) in [6.45, 7) is 5.12. The molecule has 0 bridgehead atoms. The molecule has 0 saturated carbocycles. The lowest BCUT2D eigenvalue weighted by molar-refractivity contribution is -0.384. The number of primary amides is 1. The Morgan fingerprint density at radius 1 is 1.52 bits per heavy atom. The highest BCUT2D eigenvalue weighted by molar-refractivity contribution is 5.76. The van der Waals surface area contributed by atoms with Gasteiger partial charge >= 0.3 is 0 Å². The largest absolute Gasteiger partial charge is 0.492 e. The van der Waals surface area contributed by atoms with E-state index in [0.717, 1.165) is 13.0 Å². The van der Waals surface area contributed by atoms with Crippen LogP contribution < -0.4 is 15.8 Å². The van der Waals surface area contributed by atoms with Crippen molar-refractivity contribution in [2.24, 2.45) is 11.7 Å². The quantitative estimate of drug-likeness (QED) is 0.408. The van der Waals surface area contributed by atoms with Crippen molar-refractivity contribution in [3.8, 4) is 5.75 Å². The van der Waals surface area contributed by atoms with Gasteiger partial charge in [-0.05, 0) is 19.0 Å². The van der Waals surface area contributed by atoms with Crippen molar-refractivity contribution in [3.63, 3.8) is 0 Å². The molecule has 1 rings (SSSR count). The molecule has 0 aliphatic carbocycles. The van der Waals surface area contributed by atoms with Crippen molar-refractivity contribution < 1.29 is 14.5 Å². The second-order valence-corrected chi connectivity index (χ2v) is 4.84. The number of nitrogens with zero attached hydrogens (tertiary/aromatic N) is 1. The number of carbonyl (C=O) groups excluding carboxylic acids is 1.